The summed E-state index contributed by atoms with van der Waals surface area (Å²) in [5.41, 5.74) is 0.368. The Kier molecular flexibility index (Phi) is 6.42. The second-order valence-electron chi connectivity index (χ2n) is 4.68. The quantitative estimate of drug-likeness (QED) is 0.624. The smallest absolute Gasteiger partial charge is 0.265 e. The fourth-order valence-corrected chi connectivity index (χ4v) is 2.62. The summed E-state index contributed by atoms with van der Waals surface area (Å²) in [6.07, 6.45) is -0.267. The molecule has 1 N–H and O–H groups in total. The molecule has 122 valence electrons. The molecule has 0 aromatic heterocycles. The van der Waals surface area contributed by atoms with Crippen molar-refractivity contribution in [1.82, 2.24) is 0 Å². The molecular weight excluding hydrogens is 380 g/mol. The minimum absolute atomic E-state index is 0.292. The second kappa shape index (κ2) is 8.11. The number of anilines is 1. The minimum atomic E-state index is -0.722. The highest BCUT2D eigenvalue weighted by atomic mass is 35.5. The van der Waals surface area contributed by atoms with Crippen molar-refractivity contribution in [2.75, 3.05) is 5.32 Å². The van der Waals surface area contributed by atoms with Crippen molar-refractivity contribution >= 4 is 58.0 Å². The van der Waals surface area contributed by atoms with Gasteiger partial charge in [0.25, 0.3) is 5.91 Å². The fourth-order valence-electron chi connectivity index (χ4n) is 1.85. The van der Waals surface area contributed by atoms with Crippen LogP contribution in [0.4, 0.5) is 5.69 Å². The van der Waals surface area contributed by atoms with E-state index in [4.69, 9.17) is 51.1 Å². The summed E-state index contributed by atoms with van der Waals surface area (Å²) in [5, 5.41) is 4.03. The van der Waals surface area contributed by atoms with Crippen LogP contribution in [-0.2, 0) is 4.79 Å². The monoisotopic (exact) mass is 391 g/mol. The van der Waals surface area contributed by atoms with Crippen LogP contribution in [0.2, 0.25) is 20.1 Å². The fraction of sp³-hybridized carbons (Fsp3) is 0.188. The molecule has 1 amide bonds. The van der Waals surface area contributed by atoms with Crippen LogP contribution in [0.1, 0.15) is 13.3 Å². The van der Waals surface area contributed by atoms with Crippen LogP contribution in [0.3, 0.4) is 0 Å². The lowest BCUT2D eigenvalue weighted by Crippen LogP contribution is -2.32. The van der Waals surface area contributed by atoms with Gasteiger partial charge in [0.1, 0.15) is 5.75 Å². The molecule has 0 aliphatic carbocycles. The summed E-state index contributed by atoms with van der Waals surface area (Å²) in [5.74, 6) is 0.0871. The van der Waals surface area contributed by atoms with Gasteiger partial charge in [0.2, 0.25) is 0 Å². The maximum atomic E-state index is 12.4. The number of para-hydroxylation sites is 1. The predicted molar refractivity (Wildman–Crippen MR) is 96.3 cm³/mol. The van der Waals surface area contributed by atoms with Crippen molar-refractivity contribution in [2.24, 2.45) is 0 Å². The van der Waals surface area contributed by atoms with Gasteiger partial charge in [-0.05, 0) is 30.7 Å². The van der Waals surface area contributed by atoms with E-state index in [1.165, 1.54) is 12.1 Å². The van der Waals surface area contributed by atoms with Crippen molar-refractivity contribution in [1.29, 1.82) is 0 Å². The number of amides is 1. The van der Waals surface area contributed by atoms with E-state index in [0.717, 1.165) is 0 Å². The molecule has 1 atom stereocenters. The Morgan fingerprint density at radius 3 is 2.35 bits per heavy atom. The van der Waals surface area contributed by atoms with Crippen LogP contribution >= 0.6 is 46.4 Å². The average molecular weight is 393 g/mol. The maximum absolute atomic E-state index is 12.4. The van der Waals surface area contributed by atoms with Gasteiger partial charge in [0, 0.05) is 0 Å². The highest BCUT2D eigenvalue weighted by Gasteiger charge is 2.21. The first-order valence-corrected chi connectivity index (χ1v) is 8.30. The Morgan fingerprint density at radius 1 is 1.04 bits per heavy atom. The Morgan fingerprint density at radius 2 is 1.70 bits per heavy atom. The first kappa shape index (κ1) is 18.2. The molecule has 0 radical (unpaired) electrons. The number of benzene rings is 2. The zero-order valence-electron chi connectivity index (χ0n) is 12.1. The Bertz CT molecular complexity index is 721. The van der Waals surface area contributed by atoms with E-state index >= 15 is 0 Å². The molecule has 3 nitrogen and oxygen atoms in total. The van der Waals surface area contributed by atoms with Gasteiger partial charge in [0.15, 0.2) is 6.10 Å². The Hall–Kier alpha value is -1.13. The van der Waals surface area contributed by atoms with Gasteiger partial charge in [-0.15, -0.1) is 0 Å². The molecule has 0 bridgehead atoms. The van der Waals surface area contributed by atoms with Crippen molar-refractivity contribution in [3.63, 3.8) is 0 Å². The number of carbonyl (C=O) groups is 1. The van der Waals surface area contributed by atoms with Crippen molar-refractivity contribution in [3.05, 3.63) is 56.5 Å². The molecular formula is C16H13Cl4NO2. The van der Waals surface area contributed by atoms with Gasteiger partial charge in [-0.2, -0.15) is 0 Å². The summed E-state index contributed by atoms with van der Waals surface area (Å²) < 4.78 is 5.68. The average Bonchev–Trinajstić information content (AvgIpc) is 2.51. The molecule has 0 aliphatic heterocycles. The number of hydrogen-bond donors (Lipinski definition) is 1. The number of ether oxygens (including phenoxy) is 1. The number of halogens is 4. The van der Waals surface area contributed by atoms with Gasteiger partial charge < -0.3 is 10.1 Å². The Labute approximate surface area is 154 Å². The first-order valence-electron chi connectivity index (χ1n) is 6.79. The molecule has 0 spiro atoms. The van der Waals surface area contributed by atoms with Crippen LogP contribution in [0.15, 0.2) is 36.4 Å². The van der Waals surface area contributed by atoms with Crippen molar-refractivity contribution < 1.29 is 9.53 Å². The highest BCUT2D eigenvalue weighted by Crippen LogP contribution is 2.32. The lowest BCUT2D eigenvalue weighted by molar-refractivity contribution is -0.122. The lowest BCUT2D eigenvalue weighted by Gasteiger charge is -2.18. The van der Waals surface area contributed by atoms with Gasteiger partial charge in [-0.3, -0.25) is 4.79 Å². The summed E-state index contributed by atoms with van der Waals surface area (Å²) in [7, 11) is 0. The van der Waals surface area contributed by atoms with E-state index in [0.29, 0.717) is 37.9 Å². The summed E-state index contributed by atoms with van der Waals surface area (Å²) in [4.78, 5) is 12.4. The third-order valence-electron chi connectivity index (χ3n) is 3.04. The largest absolute Gasteiger partial charge is 0.479 e. The van der Waals surface area contributed by atoms with Crippen LogP contribution in [0, 0.1) is 0 Å². The topological polar surface area (TPSA) is 38.3 Å². The molecule has 0 heterocycles. The number of nitrogens with one attached hydrogen (secondary N) is 1. The van der Waals surface area contributed by atoms with Crippen LogP contribution in [0.25, 0.3) is 0 Å². The van der Waals surface area contributed by atoms with E-state index in [1.54, 1.807) is 24.3 Å². The van der Waals surface area contributed by atoms with E-state index in [-0.39, 0.29) is 5.91 Å². The maximum Gasteiger partial charge on any atom is 0.265 e. The number of hydrogen-bond acceptors (Lipinski definition) is 2. The predicted octanol–water partition coefficient (Wildman–Crippen LogP) is 6.10. The molecule has 7 heteroatoms. The SMILES string of the molecule is CC[C@@H](Oc1ccccc1Cl)C(=O)Nc1cc(Cl)c(Cl)cc1Cl. The molecule has 0 saturated heterocycles. The zero-order chi connectivity index (χ0) is 17.0. The third-order valence-corrected chi connectivity index (χ3v) is 4.38. The number of carbonyl (C=O) groups excluding carboxylic acids is 1. The molecule has 23 heavy (non-hydrogen) atoms. The standard InChI is InChI=1S/C16H13Cl4NO2/c1-2-14(23-15-6-4-3-5-9(15)17)16(22)21-13-8-11(19)10(18)7-12(13)20/h3-8,14H,2H2,1H3,(H,21,22)/t14-/m1/s1. The van der Waals surface area contributed by atoms with Gasteiger partial charge >= 0.3 is 0 Å². The van der Waals surface area contributed by atoms with Crippen LogP contribution in [0.5, 0.6) is 5.75 Å². The van der Waals surface area contributed by atoms with Crippen LogP contribution in [-0.4, -0.2) is 12.0 Å². The highest BCUT2D eigenvalue weighted by molar-refractivity contribution is 6.44. The normalized spacial score (nSPS) is 11.9. The van der Waals surface area contributed by atoms with Crippen molar-refractivity contribution in [3.8, 4) is 5.75 Å². The molecule has 2 aromatic carbocycles. The van der Waals surface area contributed by atoms with Gasteiger partial charge in [-0.1, -0.05) is 65.5 Å². The van der Waals surface area contributed by atoms with Crippen LogP contribution < -0.4 is 10.1 Å². The lowest BCUT2D eigenvalue weighted by atomic mass is 10.2. The third kappa shape index (κ3) is 4.67. The van der Waals surface area contributed by atoms with E-state index in [9.17, 15) is 4.79 Å². The summed E-state index contributed by atoms with van der Waals surface area (Å²) in [6.45, 7) is 1.83. The zero-order valence-corrected chi connectivity index (χ0v) is 15.1. The summed E-state index contributed by atoms with van der Waals surface area (Å²) >= 11 is 23.9. The van der Waals surface area contributed by atoms with E-state index in [1.807, 2.05) is 6.92 Å². The molecule has 2 rings (SSSR count). The molecule has 0 aliphatic rings. The summed E-state index contributed by atoms with van der Waals surface area (Å²) in [6, 6.07) is 9.92. The second-order valence-corrected chi connectivity index (χ2v) is 6.31. The Balaban J connectivity index is 2.15. The van der Waals surface area contributed by atoms with Crippen molar-refractivity contribution in [2.45, 2.75) is 19.4 Å². The van der Waals surface area contributed by atoms with E-state index in [2.05, 4.69) is 5.32 Å². The molecule has 2 aromatic rings. The van der Waals surface area contributed by atoms with Gasteiger partial charge in [0.05, 0.1) is 25.8 Å². The molecule has 0 saturated carbocycles. The van der Waals surface area contributed by atoms with Gasteiger partial charge in [-0.25, -0.2) is 0 Å². The molecule has 0 fully saturated rings. The first-order chi connectivity index (χ1) is 10.9. The minimum Gasteiger partial charge on any atom is -0.479 e. The number of rotatable bonds is 5. The molecule has 0 unspecified atom stereocenters. The van der Waals surface area contributed by atoms with E-state index < -0.39 is 6.10 Å².